The zero-order valence-electron chi connectivity index (χ0n) is 6.35. The number of alkyl halides is 1. The van der Waals surface area contributed by atoms with Crippen LogP contribution < -0.4 is 0 Å². The standard InChI is InChI=1S/C7H14ClN.ClH/c1-7(6-8)9-4-2-3-5-9;/h7H,2-6H2,1H3;1H/t7-;/m1./s1. The topological polar surface area (TPSA) is 3.24 Å². The number of likely N-dealkylation sites (tertiary alicyclic amines) is 1. The van der Waals surface area contributed by atoms with Gasteiger partial charge in [-0.05, 0) is 32.9 Å². The van der Waals surface area contributed by atoms with Gasteiger partial charge in [0.1, 0.15) is 0 Å². The van der Waals surface area contributed by atoms with Gasteiger partial charge >= 0.3 is 0 Å². The highest BCUT2D eigenvalue weighted by Crippen LogP contribution is 2.11. The Morgan fingerprint density at radius 2 is 1.90 bits per heavy atom. The highest BCUT2D eigenvalue weighted by atomic mass is 35.5. The first-order valence-corrected chi connectivity index (χ1v) is 4.18. The first kappa shape index (κ1) is 10.5. The minimum atomic E-state index is 0. The van der Waals surface area contributed by atoms with Crippen LogP contribution in [-0.2, 0) is 0 Å². The summed E-state index contributed by atoms with van der Waals surface area (Å²) in [6.07, 6.45) is 2.72. The molecule has 1 fully saturated rings. The van der Waals surface area contributed by atoms with Gasteiger partial charge in [-0.2, -0.15) is 0 Å². The molecule has 0 N–H and O–H groups in total. The summed E-state index contributed by atoms with van der Waals surface area (Å²) in [6.45, 7) is 4.71. The molecule has 1 rings (SSSR count). The Hall–Kier alpha value is 0.540. The average Bonchev–Trinajstić information content (AvgIpc) is 2.37. The maximum atomic E-state index is 5.69. The quantitative estimate of drug-likeness (QED) is 0.594. The van der Waals surface area contributed by atoms with Crippen LogP contribution in [0.1, 0.15) is 19.8 Å². The Morgan fingerprint density at radius 1 is 1.40 bits per heavy atom. The van der Waals surface area contributed by atoms with Gasteiger partial charge in [-0.1, -0.05) is 0 Å². The Bertz CT molecular complexity index is 81.7. The van der Waals surface area contributed by atoms with Gasteiger partial charge in [0.25, 0.3) is 0 Å². The molecule has 1 nitrogen and oxygen atoms in total. The van der Waals surface area contributed by atoms with Gasteiger partial charge in [0, 0.05) is 11.9 Å². The van der Waals surface area contributed by atoms with Crippen LogP contribution in [-0.4, -0.2) is 29.9 Å². The maximum Gasteiger partial charge on any atom is 0.0376 e. The molecule has 0 aromatic carbocycles. The molecule has 0 aliphatic carbocycles. The van der Waals surface area contributed by atoms with Crippen molar-refractivity contribution in [1.29, 1.82) is 0 Å². The Morgan fingerprint density at radius 3 is 2.30 bits per heavy atom. The summed E-state index contributed by atoms with van der Waals surface area (Å²) in [7, 11) is 0. The molecule has 0 aromatic heterocycles. The second kappa shape index (κ2) is 5.22. The van der Waals surface area contributed by atoms with Crippen LogP contribution >= 0.6 is 24.0 Å². The normalized spacial score (nSPS) is 22.2. The molecule has 0 spiro atoms. The first-order chi connectivity index (χ1) is 4.34. The third-order valence-corrected chi connectivity index (χ3v) is 2.43. The summed E-state index contributed by atoms with van der Waals surface area (Å²) < 4.78 is 0. The molecule has 3 heteroatoms. The zero-order valence-corrected chi connectivity index (χ0v) is 7.92. The van der Waals surface area contributed by atoms with E-state index in [1.807, 2.05) is 0 Å². The van der Waals surface area contributed by atoms with E-state index in [2.05, 4.69) is 11.8 Å². The van der Waals surface area contributed by atoms with Gasteiger partial charge < -0.3 is 0 Å². The SMILES string of the molecule is C[C@H](CCl)N1CCCC1.Cl. The van der Waals surface area contributed by atoms with Crippen LogP contribution in [0, 0.1) is 0 Å². The van der Waals surface area contributed by atoms with Gasteiger partial charge in [0.15, 0.2) is 0 Å². The lowest BCUT2D eigenvalue weighted by Gasteiger charge is -2.20. The molecule has 0 aromatic rings. The second-order valence-electron chi connectivity index (χ2n) is 2.75. The van der Waals surface area contributed by atoms with Crippen LogP contribution in [0.5, 0.6) is 0 Å². The van der Waals surface area contributed by atoms with Crippen molar-refractivity contribution >= 4 is 24.0 Å². The molecular weight excluding hydrogens is 169 g/mol. The highest BCUT2D eigenvalue weighted by Gasteiger charge is 2.16. The van der Waals surface area contributed by atoms with E-state index in [0.717, 1.165) is 5.88 Å². The fourth-order valence-corrected chi connectivity index (χ4v) is 1.48. The third kappa shape index (κ3) is 2.65. The fourth-order valence-electron chi connectivity index (χ4n) is 1.28. The van der Waals surface area contributed by atoms with Gasteiger partial charge in [-0.15, -0.1) is 24.0 Å². The van der Waals surface area contributed by atoms with Crippen molar-refractivity contribution in [2.24, 2.45) is 0 Å². The van der Waals surface area contributed by atoms with Crippen LogP contribution in [0.2, 0.25) is 0 Å². The van der Waals surface area contributed by atoms with E-state index in [4.69, 9.17) is 11.6 Å². The number of nitrogens with zero attached hydrogens (tertiary/aromatic N) is 1. The van der Waals surface area contributed by atoms with Crippen molar-refractivity contribution in [3.63, 3.8) is 0 Å². The molecule has 1 aliphatic rings. The summed E-state index contributed by atoms with van der Waals surface area (Å²) in [5, 5.41) is 0. The fraction of sp³-hybridized carbons (Fsp3) is 1.00. The minimum Gasteiger partial charge on any atom is -0.299 e. The van der Waals surface area contributed by atoms with E-state index in [0.29, 0.717) is 6.04 Å². The first-order valence-electron chi connectivity index (χ1n) is 3.64. The number of rotatable bonds is 2. The van der Waals surface area contributed by atoms with E-state index in [9.17, 15) is 0 Å². The Balaban J connectivity index is 0.000000810. The van der Waals surface area contributed by atoms with Gasteiger partial charge in [-0.25, -0.2) is 0 Å². The molecule has 0 unspecified atom stereocenters. The molecular formula is C7H15Cl2N. The summed E-state index contributed by atoms with van der Waals surface area (Å²) in [4.78, 5) is 2.45. The molecule has 1 heterocycles. The molecule has 0 radical (unpaired) electrons. The monoisotopic (exact) mass is 183 g/mol. The summed E-state index contributed by atoms with van der Waals surface area (Å²) in [5.41, 5.74) is 0. The van der Waals surface area contributed by atoms with E-state index < -0.39 is 0 Å². The van der Waals surface area contributed by atoms with E-state index in [1.54, 1.807) is 0 Å². The largest absolute Gasteiger partial charge is 0.299 e. The molecule has 10 heavy (non-hydrogen) atoms. The van der Waals surface area contributed by atoms with Crippen LogP contribution in [0.3, 0.4) is 0 Å². The van der Waals surface area contributed by atoms with Crippen molar-refractivity contribution in [2.45, 2.75) is 25.8 Å². The lowest BCUT2D eigenvalue weighted by molar-refractivity contribution is 0.279. The van der Waals surface area contributed by atoms with Crippen molar-refractivity contribution in [3.8, 4) is 0 Å². The predicted octanol–water partition coefficient (Wildman–Crippen LogP) is 2.13. The Kier molecular flexibility index (Phi) is 5.51. The van der Waals surface area contributed by atoms with Crippen LogP contribution in [0.25, 0.3) is 0 Å². The van der Waals surface area contributed by atoms with Crippen molar-refractivity contribution in [3.05, 3.63) is 0 Å². The summed E-state index contributed by atoms with van der Waals surface area (Å²) in [5.74, 6) is 0.778. The van der Waals surface area contributed by atoms with Gasteiger partial charge in [0.05, 0.1) is 0 Å². The minimum absolute atomic E-state index is 0. The van der Waals surface area contributed by atoms with E-state index in [-0.39, 0.29) is 12.4 Å². The summed E-state index contributed by atoms with van der Waals surface area (Å²) >= 11 is 5.69. The van der Waals surface area contributed by atoms with Gasteiger partial charge in [0.2, 0.25) is 0 Å². The van der Waals surface area contributed by atoms with E-state index in [1.165, 1.54) is 25.9 Å². The van der Waals surface area contributed by atoms with Gasteiger partial charge in [-0.3, -0.25) is 4.90 Å². The van der Waals surface area contributed by atoms with E-state index >= 15 is 0 Å². The summed E-state index contributed by atoms with van der Waals surface area (Å²) in [6, 6.07) is 0.592. The molecule has 0 saturated carbocycles. The molecule has 0 bridgehead atoms. The van der Waals surface area contributed by atoms with Crippen LogP contribution in [0.15, 0.2) is 0 Å². The lowest BCUT2D eigenvalue weighted by atomic mass is 10.3. The second-order valence-corrected chi connectivity index (χ2v) is 3.06. The number of hydrogen-bond donors (Lipinski definition) is 0. The number of halogens is 2. The molecule has 1 atom stereocenters. The number of hydrogen-bond acceptors (Lipinski definition) is 1. The Labute approximate surface area is 74.1 Å². The third-order valence-electron chi connectivity index (χ3n) is 1.99. The smallest absolute Gasteiger partial charge is 0.0376 e. The lowest BCUT2D eigenvalue weighted by Crippen LogP contribution is -2.31. The average molecular weight is 184 g/mol. The van der Waals surface area contributed by atoms with Crippen molar-refractivity contribution in [1.82, 2.24) is 4.90 Å². The predicted molar refractivity (Wildman–Crippen MR) is 48.2 cm³/mol. The van der Waals surface area contributed by atoms with Crippen LogP contribution in [0.4, 0.5) is 0 Å². The molecule has 62 valence electrons. The maximum absolute atomic E-state index is 5.69. The molecule has 1 saturated heterocycles. The van der Waals surface area contributed by atoms with Crippen molar-refractivity contribution < 1.29 is 0 Å². The zero-order chi connectivity index (χ0) is 6.69. The molecule has 0 amide bonds. The van der Waals surface area contributed by atoms with Crippen molar-refractivity contribution in [2.75, 3.05) is 19.0 Å². The highest BCUT2D eigenvalue weighted by molar-refractivity contribution is 6.18. The molecule has 1 aliphatic heterocycles.